The Morgan fingerprint density at radius 1 is 1.29 bits per heavy atom. The van der Waals surface area contributed by atoms with Gasteiger partial charge in [-0.05, 0) is 29.8 Å². The van der Waals surface area contributed by atoms with Crippen molar-refractivity contribution in [3.8, 4) is 17.3 Å². The van der Waals surface area contributed by atoms with Gasteiger partial charge in [-0.2, -0.15) is 5.26 Å². The normalized spacial score (nSPS) is 10.9. The van der Waals surface area contributed by atoms with Gasteiger partial charge in [0.05, 0.1) is 23.7 Å². The molecule has 2 rings (SSSR count). The van der Waals surface area contributed by atoms with E-state index < -0.39 is 10.0 Å². The summed E-state index contributed by atoms with van der Waals surface area (Å²) in [7, 11) is -3.50. The van der Waals surface area contributed by atoms with Gasteiger partial charge in [0.2, 0.25) is 15.3 Å². The number of rotatable bonds is 4. The highest BCUT2D eigenvalue weighted by Crippen LogP contribution is 2.23. The summed E-state index contributed by atoms with van der Waals surface area (Å²) in [6.07, 6.45) is 2.60. The highest BCUT2D eigenvalue weighted by Gasteiger charge is 2.16. The number of sulfonamides is 1. The van der Waals surface area contributed by atoms with Crippen molar-refractivity contribution in [2.75, 3.05) is 17.1 Å². The Hall–Kier alpha value is -2.17. The molecule has 0 N–H and O–H groups in total. The first-order valence-corrected chi connectivity index (χ1v) is 8.08. The second kappa shape index (κ2) is 6.08. The van der Waals surface area contributed by atoms with Crippen LogP contribution in [0.5, 0.6) is 0 Å². The molecule has 0 aliphatic rings. The van der Waals surface area contributed by atoms with E-state index >= 15 is 0 Å². The molecule has 1 aromatic heterocycles. The largest absolute Gasteiger partial charge is 0.256 e. The van der Waals surface area contributed by atoms with E-state index in [1.54, 1.807) is 30.3 Å². The Bertz CT molecular complexity index is 785. The molecule has 0 fully saturated rings. The Kier molecular flexibility index (Phi) is 4.40. The van der Waals surface area contributed by atoms with Gasteiger partial charge in [-0.3, -0.25) is 4.31 Å². The third-order valence-electron chi connectivity index (χ3n) is 2.69. The average molecular weight is 323 g/mol. The monoisotopic (exact) mass is 322 g/mol. The highest BCUT2D eigenvalue weighted by molar-refractivity contribution is 7.92. The SMILES string of the molecule is CS(=O)(=O)N(CC#N)c1ccc(-c2ccnc(Cl)n2)cc1. The lowest BCUT2D eigenvalue weighted by molar-refractivity contribution is 0.599. The van der Waals surface area contributed by atoms with E-state index in [0.29, 0.717) is 11.4 Å². The molecule has 0 amide bonds. The van der Waals surface area contributed by atoms with Crippen molar-refractivity contribution >= 4 is 27.3 Å². The Labute approximate surface area is 127 Å². The Morgan fingerprint density at radius 3 is 2.48 bits per heavy atom. The van der Waals surface area contributed by atoms with Crippen LogP contribution in [0, 0.1) is 11.3 Å². The minimum Gasteiger partial charge on any atom is -0.256 e. The molecule has 2 aromatic rings. The zero-order valence-corrected chi connectivity index (χ0v) is 12.6. The molecule has 0 bridgehead atoms. The molecule has 0 saturated heterocycles. The first-order chi connectivity index (χ1) is 9.91. The third kappa shape index (κ3) is 3.68. The van der Waals surface area contributed by atoms with Crippen LogP contribution in [0.4, 0.5) is 5.69 Å². The number of benzene rings is 1. The van der Waals surface area contributed by atoms with E-state index in [4.69, 9.17) is 16.9 Å². The number of nitrogens with zero attached hydrogens (tertiary/aromatic N) is 4. The van der Waals surface area contributed by atoms with Crippen LogP contribution in [0.2, 0.25) is 5.28 Å². The lowest BCUT2D eigenvalue weighted by atomic mass is 10.1. The van der Waals surface area contributed by atoms with E-state index in [1.807, 2.05) is 6.07 Å². The molecule has 108 valence electrons. The molecular weight excluding hydrogens is 312 g/mol. The van der Waals surface area contributed by atoms with E-state index in [-0.39, 0.29) is 11.8 Å². The van der Waals surface area contributed by atoms with Crippen LogP contribution in [-0.4, -0.2) is 31.2 Å². The number of nitriles is 1. The number of halogens is 1. The van der Waals surface area contributed by atoms with Crippen molar-refractivity contribution < 1.29 is 8.42 Å². The van der Waals surface area contributed by atoms with Gasteiger partial charge >= 0.3 is 0 Å². The van der Waals surface area contributed by atoms with Gasteiger partial charge in [0.1, 0.15) is 6.54 Å². The Morgan fingerprint density at radius 2 is 1.95 bits per heavy atom. The smallest absolute Gasteiger partial charge is 0.233 e. The molecule has 21 heavy (non-hydrogen) atoms. The predicted octanol–water partition coefficient (Wildman–Crippen LogP) is 2.09. The first kappa shape index (κ1) is 15.2. The third-order valence-corrected chi connectivity index (χ3v) is 4.01. The van der Waals surface area contributed by atoms with Gasteiger partial charge in [0.25, 0.3) is 0 Å². The second-order valence-electron chi connectivity index (χ2n) is 4.19. The summed E-state index contributed by atoms with van der Waals surface area (Å²) < 4.78 is 24.3. The van der Waals surface area contributed by atoms with E-state index in [9.17, 15) is 8.42 Å². The lowest BCUT2D eigenvalue weighted by Crippen LogP contribution is -2.30. The number of aromatic nitrogens is 2. The molecule has 6 nitrogen and oxygen atoms in total. The molecule has 8 heteroatoms. The van der Waals surface area contributed by atoms with Crippen molar-refractivity contribution in [3.05, 3.63) is 41.8 Å². The van der Waals surface area contributed by atoms with Crippen LogP contribution in [0.1, 0.15) is 0 Å². The molecule has 1 heterocycles. The Balaban J connectivity index is 2.36. The number of anilines is 1. The van der Waals surface area contributed by atoms with Gasteiger partial charge in [0.15, 0.2) is 0 Å². The van der Waals surface area contributed by atoms with Crippen LogP contribution >= 0.6 is 11.6 Å². The molecule has 0 aliphatic heterocycles. The fourth-order valence-corrected chi connectivity index (χ4v) is 2.70. The van der Waals surface area contributed by atoms with Gasteiger partial charge < -0.3 is 0 Å². The summed E-state index contributed by atoms with van der Waals surface area (Å²) >= 11 is 5.73. The van der Waals surface area contributed by atoms with Crippen molar-refractivity contribution in [1.29, 1.82) is 5.26 Å². The number of hydrogen-bond acceptors (Lipinski definition) is 5. The molecule has 0 spiro atoms. The summed E-state index contributed by atoms with van der Waals surface area (Å²) in [5, 5.41) is 8.87. The fourth-order valence-electron chi connectivity index (χ4n) is 1.76. The lowest BCUT2D eigenvalue weighted by Gasteiger charge is -2.19. The molecular formula is C13H11ClN4O2S. The van der Waals surface area contributed by atoms with Crippen LogP contribution in [0.25, 0.3) is 11.3 Å². The average Bonchev–Trinajstić information content (AvgIpc) is 2.44. The summed E-state index contributed by atoms with van der Waals surface area (Å²) in [5.74, 6) is 0. The van der Waals surface area contributed by atoms with Crippen LogP contribution < -0.4 is 4.31 Å². The van der Waals surface area contributed by atoms with E-state index in [2.05, 4.69) is 9.97 Å². The van der Waals surface area contributed by atoms with Crippen molar-refractivity contribution in [2.24, 2.45) is 0 Å². The zero-order valence-electron chi connectivity index (χ0n) is 11.1. The standard InChI is InChI=1S/C13H11ClN4O2S/c1-21(19,20)18(9-7-15)11-4-2-10(3-5-11)12-6-8-16-13(14)17-12/h2-6,8H,9H2,1H3. The molecule has 0 radical (unpaired) electrons. The van der Waals surface area contributed by atoms with E-state index in [1.165, 1.54) is 6.20 Å². The van der Waals surface area contributed by atoms with Crippen LogP contribution in [-0.2, 0) is 10.0 Å². The fraction of sp³-hybridized carbons (Fsp3) is 0.154. The minimum atomic E-state index is -3.50. The highest BCUT2D eigenvalue weighted by atomic mass is 35.5. The first-order valence-electron chi connectivity index (χ1n) is 5.85. The topological polar surface area (TPSA) is 87.0 Å². The quantitative estimate of drug-likeness (QED) is 0.635. The molecule has 0 aliphatic carbocycles. The summed E-state index contributed by atoms with van der Waals surface area (Å²) in [6, 6.07) is 10.2. The van der Waals surface area contributed by atoms with Gasteiger partial charge in [-0.25, -0.2) is 18.4 Å². The maximum atomic E-state index is 11.7. The van der Waals surface area contributed by atoms with Crippen LogP contribution in [0.3, 0.4) is 0 Å². The molecule has 0 atom stereocenters. The maximum Gasteiger partial charge on any atom is 0.233 e. The summed E-state index contributed by atoms with van der Waals surface area (Å²) in [4.78, 5) is 7.87. The van der Waals surface area contributed by atoms with Crippen molar-refractivity contribution in [3.63, 3.8) is 0 Å². The predicted molar refractivity (Wildman–Crippen MR) is 80.3 cm³/mol. The maximum absolute atomic E-state index is 11.7. The molecule has 0 saturated carbocycles. The van der Waals surface area contributed by atoms with Crippen molar-refractivity contribution in [1.82, 2.24) is 9.97 Å². The zero-order chi connectivity index (χ0) is 15.5. The second-order valence-corrected chi connectivity index (χ2v) is 6.43. The van der Waals surface area contributed by atoms with Gasteiger partial charge in [-0.15, -0.1) is 0 Å². The summed E-state index contributed by atoms with van der Waals surface area (Å²) in [5.41, 5.74) is 1.82. The molecule has 1 aromatic carbocycles. The number of hydrogen-bond donors (Lipinski definition) is 0. The minimum absolute atomic E-state index is 0.138. The van der Waals surface area contributed by atoms with Crippen molar-refractivity contribution in [2.45, 2.75) is 0 Å². The van der Waals surface area contributed by atoms with Gasteiger partial charge in [0, 0.05) is 11.8 Å². The van der Waals surface area contributed by atoms with E-state index in [0.717, 1.165) is 16.1 Å². The van der Waals surface area contributed by atoms with Crippen LogP contribution in [0.15, 0.2) is 36.5 Å². The van der Waals surface area contributed by atoms with Gasteiger partial charge in [-0.1, -0.05) is 12.1 Å². The molecule has 0 unspecified atom stereocenters. The summed E-state index contributed by atoms with van der Waals surface area (Å²) in [6.45, 7) is -0.239.